The number of methoxy groups -OCH3 is 1. The van der Waals surface area contributed by atoms with Crippen LogP contribution in [0.5, 0.6) is 0 Å². The van der Waals surface area contributed by atoms with E-state index in [-0.39, 0.29) is 6.23 Å². The third-order valence-electron chi connectivity index (χ3n) is 0.779. The first-order valence-electron chi connectivity index (χ1n) is 2.08. The van der Waals surface area contributed by atoms with Gasteiger partial charge in [-0.3, -0.25) is 0 Å². The first-order valence-corrected chi connectivity index (χ1v) is 2.08. The first-order chi connectivity index (χ1) is 3.43. The molecule has 0 amide bonds. The molecule has 0 aromatic carbocycles. The van der Waals surface area contributed by atoms with Gasteiger partial charge < -0.3 is 10.2 Å². The molecule has 0 aromatic rings. The molecule has 1 aliphatic rings. The maximum atomic E-state index is 4.80. The molecule has 1 N–H and O–H groups in total. The average Bonchev–Trinajstić information content (AvgIpc) is 2.14. The van der Waals surface area contributed by atoms with Gasteiger partial charge in [-0.15, -0.1) is 5.43 Å². The van der Waals surface area contributed by atoms with Crippen molar-refractivity contribution in [2.75, 3.05) is 7.11 Å². The van der Waals surface area contributed by atoms with E-state index in [1.807, 2.05) is 6.08 Å². The lowest BCUT2D eigenvalue weighted by Gasteiger charge is -1.99. The molecular weight excluding hydrogens is 92.1 g/mol. The number of rotatable bonds is 1. The molecule has 3 nitrogen and oxygen atoms in total. The zero-order chi connectivity index (χ0) is 5.11. The molecule has 0 fully saturated rings. The quantitative estimate of drug-likeness (QED) is 0.485. The number of ether oxygens (including phenoxy) is 1. The van der Waals surface area contributed by atoms with Crippen LogP contribution in [0.4, 0.5) is 0 Å². The van der Waals surface area contributed by atoms with E-state index < -0.39 is 0 Å². The Kier molecular flexibility index (Phi) is 1.29. The maximum Gasteiger partial charge on any atom is 0.164 e. The van der Waals surface area contributed by atoms with Crippen molar-refractivity contribution in [2.24, 2.45) is 0 Å². The molecule has 1 radical (unpaired) electrons. The molecule has 1 atom stereocenters. The second-order valence-corrected chi connectivity index (χ2v) is 1.24. The van der Waals surface area contributed by atoms with Crippen LogP contribution in [0.15, 0.2) is 12.3 Å². The van der Waals surface area contributed by atoms with Crippen LogP contribution in [0.3, 0.4) is 0 Å². The molecule has 0 aliphatic carbocycles. The lowest BCUT2D eigenvalue weighted by atomic mass is 10.6. The van der Waals surface area contributed by atoms with Crippen molar-refractivity contribution in [1.82, 2.24) is 10.9 Å². The lowest BCUT2D eigenvalue weighted by molar-refractivity contribution is 0.110. The number of nitrogens with zero attached hydrogens (tertiary/aromatic N) is 1. The maximum absolute atomic E-state index is 4.80. The Hall–Kier alpha value is -0.540. The highest BCUT2D eigenvalue weighted by Gasteiger charge is 2.04. The van der Waals surface area contributed by atoms with Gasteiger partial charge in [-0.05, 0) is 6.08 Å². The highest BCUT2D eigenvalue weighted by atomic mass is 16.5. The third-order valence-corrected chi connectivity index (χ3v) is 0.779. The van der Waals surface area contributed by atoms with Crippen LogP contribution >= 0.6 is 0 Å². The van der Waals surface area contributed by atoms with Gasteiger partial charge in [0.15, 0.2) is 6.23 Å². The van der Waals surface area contributed by atoms with E-state index >= 15 is 0 Å². The Morgan fingerprint density at radius 3 is 3.00 bits per heavy atom. The normalized spacial score (nSPS) is 27.9. The van der Waals surface area contributed by atoms with E-state index in [4.69, 9.17) is 4.74 Å². The van der Waals surface area contributed by atoms with Crippen LogP contribution in [0.25, 0.3) is 0 Å². The van der Waals surface area contributed by atoms with Crippen molar-refractivity contribution in [3.05, 3.63) is 12.3 Å². The fourth-order valence-corrected chi connectivity index (χ4v) is 0.416. The molecule has 1 unspecified atom stereocenters. The van der Waals surface area contributed by atoms with Gasteiger partial charge in [-0.25, -0.2) is 0 Å². The number of nitrogens with one attached hydrogen (secondary N) is 1. The molecule has 1 heterocycles. The molecule has 1 aliphatic heterocycles. The Morgan fingerprint density at radius 2 is 2.71 bits per heavy atom. The second-order valence-electron chi connectivity index (χ2n) is 1.24. The number of hydrogen-bond donors (Lipinski definition) is 1. The topological polar surface area (TPSA) is 35.4 Å². The first kappa shape index (κ1) is 4.61. The van der Waals surface area contributed by atoms with Crippen LogP contribution in [0.2, 0.25) is 0 Å². The van der Waals surface area contributed by atoms with Gasteiger partial charge in [0.05, 0.1) is 0 Å². The van der Waals surface area contributed by atoms with E-state index in [2.05, 4.69) is 10.9 Å². The summed E-state index contributed by atoms with van der Waals surface area (Å²) in [7, 11) is 1.62. The van der Waals surface area contributed by atoms with Gasteiger partial charge in [0.1, 0.15) is 0 Å². The van der Waals surface area contributed by atoms with E-state index in [9.17, 15) is 0 Å². The van der Waals surface area contributed by atoms with Crippen molar-refractivity contribution < 1.29 is 4.74 Å². The van der Waals surface area contributed by atoms with Crippen molar-refractivity contribution in [3.8, 4) is 0 Å². The summed E-state index contributed by atoms with van der Waals surface area (Å²) in [5.41, 5.74) is 6.41. The lowest BCUT2D eigenvalue weighted by Crippen LogP contribution is -2.23. The highest BCUT2D eigenvalue weighted by molar-refractivity contribution is 4.90. The zero-order valence-corrected chi connectivity index (χ0v) is 4.09. The molecule has 0 spiro atoms. The molecule has 0 bridgehead atoms. The summed E-state index contributed by atoms with van der Waals surface area (Å²) in [6, 6.07) is 0. The van der Waals surface area contributed by atoms with Crippen molar-refractivity contribution in [2.45, 2.75) is 6.23 Å². The number of hydrogen-bond acceptors (Lipinski definition) is 2. The van der Waals surface area contributed by atoms with Crippen LogP contribution < -0.4 is 10.9 Å². The minimum atomic E-state index is -0.0694. The Bertz CT molecular complexity index is 81.8. The Labute approximate surface area is 42.3 Å². The summed E-state index contributed by atoms with van der Waals surface area (Å²) in [4.78, 5) is 0. The molecule has 39 valence electrons. The molecule has 0 saturated carbocycles. The zero-order valence-electron chi connectivity index (χ0n) is 4.09. The van der Waals surface area contributed by atoms with Crippen LogP contribution in [0, 0.1) is 0 Å². The van der Waals surface area contributed by atoms with Gasteiger partial charge in [-0.2, -0.15) is 0 Å². The average molecular weight is 99.1 g/mol. The molecule has 3 heteroatoms. The van der Waals surface area contributed by atoms with E-state index in [0.717, 1.165) is 0 Å². The van der Waals surface area contributed by atoms with Gasteiger partial charge in [0.2, 0.25) is 0 Å². The molecule has 0 aromatic heterocycles. The summed E-state index contributed by atoms with van der Waals surface area (Å²) in [6.45, 7) is 0. The monoisotopic (exact) mass is 99.1 g/mol. The third kappa shape index (κ3) is 0.913. The van der Waals surface area contributed by atoms with Crippen molar-refractivity contribution in [3.63, 3.8) is 0 Å². The van der Waals surface area contributed by atoms with E-state index in [1.54, 1.807) is 13.3 Å². The summed E-state index contributed by atoms with van der Waals surface area (Å²) >= 11 is 0. The Balaban J connectivity index is 2.28. The molecule has 0 saturated heterocycles. The summed E-state index contributed by atoms with van der Waals surface area (Å²) in [5.74, 6) is 0. The SMILES string of the molecule is COC1C=CN[N]1. The summed E-state index contributed by atoms with van der Waals surface area (Å²) < 4.78 is 4.80. The van der Waals surface area contributed by atoms with E-state index in [0.29, 0.717) is 0 Å². The fourth-order valence-electron chi connectivity index (χ4n) is 0.416. The van der Waals surface area contributed by atoms with Gasteiger partial charge >= 0.3 is 0 Å². The Morgan fingerprint density at radius 1 is 1.86 bits per heavy atom. The van der Waals surface area contributed by atoms with Crippen LogP contribution in [-0.2, 0) is 4.74 Å². The minimum Gasteiger partial charge on any atom is -0.359 e. The van der Waals surface area contributed by atoms with Gasteiger partial charge in [0.25, 0.3) is 0 Å². The minimum absolute atomic E-state index is 0.0694. The second kappa shape index (κ2) is 1.95. The molecule has 1 rings (SSSR count). The van der Waals surface area contributed by atoms with Gasteiger partial charge in [0, 0.05) is 13.3 Å². The smallest absolute Gasteiger partial charge is 0.164 e. The molecular formula is C4H7N2O. The molecule has 7 heavy (non-hydrogen) atoms. The summed E-state index contributed by atoms with van der Waals surface area (Å²) in [5, 5.41) is 0. The van der Waals surface area contributed by atoms with Gasteiger partial charge in [-0.1, -0.05) is 0 Å². The van der Waals surface area contributed by atoms with E-state index in [1.165, 1.54) is 0 Å². The largest absolute Gasteiger partial charge is 0.359 e. The van der Waals surface area contributed by atoms with Crippen LogP contribution in [-0.4, -0.2) is 13.3 Å². The van der Waals surface area contributed by atoms with Crippen LogP contribution in [0.1, 0.15) is 0 Å². The predicted molar refractivity (Wildman–Crippen MR) is 25.2 cm³/mol. The predicted octanol–water partition coefficient (Wildman–Crippen LogP) is -0.405. The fraction of sp³-hybridized carbons (Fsp3) is 0.500. The summed E-state index contributed by atoms with van der Waals surface area (Å²) in [6.07, 6.45) is 3.51. The standard InChI is InChI=1S/C4H7N2O/c1-7-4-2-3-5-6-4/h2-5H,1H3. The van der Waals surface area contributed by atoms with Crippen molar-refractivity contribution in [1.29, 1.82) is 0 Å². The van der Waals surface area contributed by atoms with Crippen molar-refractivity contribution >= 4 is 0 Å². The highest BCUT2D eigenvalue weighted by Crippen LogP contribution is 1.90.